The highest BCUT2D eigenvalue weighted by Crippen LogP contribution is 2.36. The van der Waals surface area contributed by atoms with E-state index in [0.29, 0.717) is 31.7 Å². The van der Waals surface area contributed by atoms with E-state index in [-0.39, 0.29) is 11.9 Å². The number of pyridine rings is 1. The normalized spacial score (nSPS) is 16.6. The second kappa shape index (κ2) is 7.12. The van der Waals surface area contributed by atoms with Crippen molar-refractivity contribution in [3.8, 4) is 0 Å². The lowest BCUT2D eigenvalue weighted by Gasteiger charge is -2.36. The van der Waals surface area contributed by atoms with Crippen LogP contribution < -0.4 is 5.32 Å². The van der Waals surface area contributed by atoms with Gasteiger partial charge >= 0.3 is 0 Å². The Bertz CT molecular complexity index is 943. The molecular formula is C21H24N4O2. The smallest absolute Gasteiger partial charge is 0.235 e. The number of fused-ring (bicyclic) bond motifs is 1. The van der Waals surface area contributed by atoms with Gasteiger partial charge < -0.3 is 10.1 Å². The number of anilines is 1. The maximum Gasteiger partial charge on any atom is 0.235 e. The lowest BCUT2D eigenvalue weighted by molar-refractivity contribution is -0.125. The summed E-state index contributed by atoms with van der Waals surface area (Å²) in [4.78, 5) is 17.8. The second-order valence-electron chi connectivity index (χ2n) is 7.33. The minimum absolute atomic E-state index is 0.00518. The summed E-state index contributed by atoms with van der Waals surface area (Å²) in [5, 5.41) is 8.40. The summed E-state index contributed by atoms with van der Waals surface area (Å²) < 4.78 is 7.41. The van der Waals surface area contributed by atoms with Crippen molar-refractivity contribution in [1.82, 2.24) is 14.8 Å². The fourth-order valence-corrected chi connectivity index (χ4v) is 3.76. The fraction of sp³-hybridized carbons (Fsp3) is 0.381. The highest BCUT2D eigenvalue weighted by Gasteiger charge is 2.41. The Morgan fingerprint density at radius 1 is 1.19 bits per heavy atom. The first-order chi connectivity index (χ1) is 13.1. The van der Waals surface area contributed by atoms with E-state index >= 15 is 0 Å². The van der Waals surface area contributed by atoms with Crippen molar-refractivity contribution in [2.24, 2.45) is 0 Å². The van der Waals surface area contributed by atoms with Gasteiger partial charge in [0.05, 0.1) is 23.5 Å². The van der Waals surface area contributed by atoms with E-state index in [2.05, 4.69) is 29.2 Å². The molecule has 0 radical (unpaired) electrons. The lowest BCUT2D eigenvalue weighted by atomic mass is 9.73. The monoisotopic (exact) mass is 364 g/mol. The molecule has 4 rings (SSSR count). The van der Waals surface area contributed by atoms with Crippen LogP contribution in [0.1, 0.15) is 38.3 Å². The summed E-state index contributed by atoms with van der Waals surface area (Å²) in [5.41, 5.74) is 1.98. The standard InChI is InChI=1S/C21H24N4O2/c1-15(2)25-19-16(13-23-25)12-18(14-22-19)24-20(26)21(8-10-27-11-9-21)17-6-4-3-5-7-17/h3-7,12-15H,8-11H2,1-2H3,(H,24,26). The minimum atomic E-state index is -0.573. The van der Waals surface area contributed by atoms with Crippen LogP contribution in [0.15, 0.2) is 48.8 Å². The van der Waals surface area contributed by atoms with E-state index in [0.717, 1.165) is 16.6 Å². The molecule has 1 fully saturated rings. The highest BCUT2D eigenvalue weighted by molar-refractivity contribution is 6.00. The Balaban J connectivity index is 1.64. The van der Waals surface area contributed by atoms with Crippen LogP contribution >= 0.6 is 0 Å². The minimum Gasteiger partial charge on any atom is -0.381 e. The van der Waals surface area contributed by atoms with Gasteiger partial charge in [-0.3, -0.25) is 4.79 Å². The first kappa shape index (κ1) is 17.7. The second-order valence-corrected chi connectivity index (χ2v) is 7.33. The largest absolute Gasteiger partial charge is 0.381 e. The molecule has 0 spiro atoms. The topological polar surface area (TPSA) is 69.0 Å². The molecule has 0 aliphatic carbocycles. The van der Waals surface area contributed by atoms with Gasteiger partial charge in [0, 0.05) is 24.6 Å². The average molecular weight is 364 g/mol. The van der Waals surface area contributed by atoms with Gasteiger partial charge in [0.1, 0.15) is 0 Å². The van der Waals surface area contributed by atoms with Crippen LogP contribution in [0.4, 0.5) is 5.69 Å². The van der Waals surface area contributed by atoms with Crippen LogP contribution in [-0.4, -0.2) is 33.9 Å². The molecule has 0 bridgehead atoms. The Morgan fingerprint density at radius 3 is 2.63 bits per heavy atom. The van der Waals surface area contributed by atoms with Crippen molar-refractivity contribution in [2.45, 2.75) is 38.1 Å². The number of carbonyl (C=O) groups excluding carboxylic acids is 1. The van der Waals surface area contributed by atoms with Crippen molar-refractivity contribution in [3.63, 3.8) is 0 Å². The predicted molar refractivity (Wildman–Crippen MR) is 105 cm³/mol. The third-order valence-electron chi connectivity index (χ3n) is 5.29. The van der Waals surface area contributed by atoms with Gasteiger partial charge in [0.15, 0.2) is 5.65 Å². The van der Waals surface area contributed by atoms with E-state index in [9.17, 15) is 4.79 Å². The molecule has 1 aliphatic rings. The molecule has 3 heterocycles. The molecule has 1 amide bonds. The number of hydrogen-bond acceptors (Lipinski definition) is 4. The summed E-state index contributed by atoms with van der Waals surface area (Å²) in [7, 11) is 0. The van der Waals surface area contributed by atoms with Crippen LogP contribution in [0.25, 0.3) is 11.0 Å². The Labute approximate surface area is 158 Å². The molecule has 2 aromatic heterocycles. The quantitative estimate of drug-likeness (QED) is 0.766. The molecule has 3 aromatic rings. The van der Waals surface area contributed by atoms with Gasteiger partial charge in [-0.1, -0.05) is 30.3 Å². The Morgan fingerprint density at radius 2 is 1.93 bits per heavy atom. The summed E-state index contributed by atoms with van der Waals surface area (Å²) >= 11 is 0. The first-order valence-corrected chi connectivity index (χ1v) is 9.38. The predicted octanol–water partition coefficient (Wildman–Crippen LogP) is 3.70. The van der Waals surface area contributed by atoms with Gasteiger partial charge in [0.2, 0.25) is 5.91 Å². The van der Waals surface area contributed by atoms with Crippen LogP contribution in [0.3, 0.4) is 0 Å². The van der Waals surface area contributed by atoms with Crippen molar-refractivity contribution < 1.29 is 9.53 Å². The Kier molecular flexibility index (Phi) is 4.66. The van der Waals surface area contributed by atoms with Crippen LogP contribution in [-0.2, 0) is 14.9 Å². The third kappa shape index (κ3) is 3.21. The van der Waals surface area contributed by atoms with E-state index < -0.39 is 5.41 Å². The number of amides is 1. The van der Waals surface area contributed by atoms with Gasteiger partial charge in [-0.05, 0) is 38.3 Å². The molecule has 27 heavy (non-hydrogen) atoms. The summed E-state index contributed by atoms with van der Waals surface area (Å²) in [6, 6.07) is 12.2. The first-order valence-electron chi connectivity index (χ1n) is 9.38. The van der Waals surface area contributed by atoms with E-state index in [1.807, 2.05) is 41.1 Å². The zero-order valence-corrected chi connectivity index (χ0v) is 15.7. The van der Waals surface area contributed by atoms with Crippen molar-refractivity contribution >= 4 is 22.6 Å². The maximum atomic E-state index is 13.3. The fourth-order valence-electron chi connectivity index (χ4n) is 3.76. The molecule has 1 aromatic carbocycles. The molecule has 0 unspecified atom stereocenters. The zero-order chi connectivity index (χ0) is 18.9. The van der Waals surface area contributed by atoms with Crippen molar-refractivity contribution in [3.05, 3.63) is 54.4 Å². The lowest BCUT2D eigenvalue weighted by Crippen LogP contribution is -2.44. The number of aromatic nitrogens is 3. The summed E-state index contributed by atoms with van der Waals surface area (Å²) in [5.74, 6) is -0.00518. The van der Waals surface area contributed by atoms with Gasteiger partial charge in [0.25, 0.3) is 0 Å². The number of benzene rings is 1. The molecule has 6 heteroatoms. The molecule has 1 aliphatic heterocycles. The molecule has 0 saturated carbocycles. The van der Waals surface area contributed by atoms with Gasteiger partial charge in [-0.2, -0.15) is 5.10 Å². The SMILES string of the molecule is CC(C)n1ncc2cc(NC(=O)C3(c4ccccc4)CCOCC3)cnc21. The summed E-state index contributed by atoms with van der Waals surface area (Å²) in [6.45, 7) is 5.30. The summed E-state index contributed by atoms with van der Waals surface area (Å²) in [6.07, 6.45) is 4.84. The molecule has 6 nitrogen and oxygen atoms in total. The van der Waals surface area contributed by atoms with E-state index in [4.69, 9.17) is 4.74 Å². The number of nitrogens with one attached hydrogen (secondary N) is 1. The van der Waals surface area contributed by atoms with Gasteiger partial charge in [-0.15, -0.1) is 0 Å². The maximum absolute atomic E-state index is 13.3. The molecule has 1 N–H and O–H groups in total. The molecule has 140 valence electrons. The number of ether oxygens (including phenoxy) is 1. The number of nitrogens with zero attached hydrogens (tertiary/aromatic N) is 3. The van der Waals surface area contributed by atoms with Crippen molar-refractivity contribution in [1.29, 1.82) is 0 Å². The number of carbonyl (C=O) groups is 1. The van der Waals surface area contributed by atoms with Crippen LogP contribution in [0.5, 0.6) is 0 Å². The molecule has 1 saturated heterocycles. The van der Waals surface area contributed by atoms with E-state index in [1.54, 1.807) is 12.4 Å². The average Bonchev–Trinajstić information content (AvgIpc) is 3.12. The van der Waals surface area contributed by atoms with Gasteiger partial charge in [-0.25, -0.2) is 9.67 Å². The number of rotatable bonds is 4. The van der Waals surface area contributed by atoms with E-state index in [1.165, 1.54) is 0 Å². The third-order valence-corrected chi connectivity index (χ3v) is 5.29. The molecular weight excluding hydrogens is 340 g/mol. The zero-order valence-electron chi connectivity index (χ0n) is 15.7. The van der Waals surface area contributed by atoms with Crippen LogP contribution in [0.2, 0.25) is 0 Å². The Hall–Kier alpha value is -2.73. The van der Waals surface area contributed by atoms with Crippen LogP contribution in [0, 0.1) is 0 Å². The molecule has 0 atom stereocenters. The highest BCUT2D eigenvalue weighted by atomic mass is 16.5. The van der Waals surface area contributed by atoms with Crippen molar-refractivity contribution in [2.75, 3.05) is 18.5 Å². The number of hydrogen-bond donors (Lipinski definition) is 1.